The van der Waals surface area contributed by atoms with E-state index in [1.807, 2.05) is 31.2 Å². The van der Waals surface area contributed by atoms with Gasteiger partial charge >= 0.3 is 0 Å². The molecule has 1 amide bonds. The van der Waals surface area contributed by atoms with Crippen LogP contribution in [0, 0.1) is 6.92 Å². The van der Waals surface area contributed by atoms with Gasteiger partial charge in [-0.15, -0.1) is 0 Å². The van der Waals surface area contributed by atoms with Crippen molar-refractivity contribution >= 4 is 12.0 Å². The van der Waals surface area contributed by atoms with Crippen molar-refractivity contribution in [2.45, 2.75) is 13.5 Å². The van der Waals surface area contributed by atoms with Gasteiger partial charge in [-0.25, -0.2) is 0 Å². The number of hydrogen-bond donors (Lipinski definition) is 1. The molecule has 5 nitrogen and oxygen atoms in total. The van der Waals surface area contributed by atoms with Gasteiger partial charge in [-0.3, -0.25) is 9.78 Å². The van der Waals surface area contributed by atoms with E-state index in [1.54, 1.807) is 32.6 Å². The second-order valence-corrected chi connectivity index (χ2v) is 4.93. The van der Waals surface area contributed by atoms with Gasteiger partial charge in [0.15, 0.2) is 0 Å². The summed E-state index contributed by atoms with van der Waals surface area (Å²) in [6.07, 6.45) is 4.90. The molecule has 1 N–H and O–H groups in total. The molecule has 2 rings (SSSR count). The Morgan fingerprint density at radius 1 is 1.26 bits per heavy atom. The van der Waals surface area contributed by atoms with Gasteiger partial charge in [0.1, 0.15) is 11.5 Å². The van der Waals surface area contributed by atoms with E-state index in [1.165, 1.54) is 6.08 Å². The average molecular weight is 312 g/mol. The summed E-state index contributed by atoms with van der Waals surface area (Å²) in [5.41, 5.74) is 2.71. The van der Waals surface area contributed by atoms with Crippen LogP contribution in [0.2, 0.25) is 0 Å². The molecule has 0 radical (unpaired) electrons. The van der Waals surface area contributed by atoms with Gasteiger partial charge in [0.2, 0.25) is 5.91 Å². The number of methoxy groups -OCH3 is 2. The second-order valence-electron chi connectivity index (χ2n) is 4.93. The first-order valence-corrected chi connectivity index (χ1v) is 7.22. The predicted molar refractivity (Wildman–Crippen MR) is 89.4 cm³/mol. The zero-order valence-corrected chi connectivity index (χ0v) is 13.5. The number of rotatable bonds is 6. The number of aryl methyl sites for hydroxylation is 1. The Bertz CT molecular complexity index is 711. The van der Waals surface area contributed by atoms with Crippen molar-refractivity contribution in [1.82, 2.24) is 10.3 Å². The number of amides is 1. The van der Waals surface area contributed by atoms with E-state index < -0.39 is 0 Å². The third-order valence-corrected chi connectivity index (χ3v) is 3.40. The lowest BCUT2D eigenvalue weighted by atomic mass is 10.1. The van der Waals surface area contributed by atoms with Crippen LogP contribution in [0.4, 0.5) is 0 Å². The SMILES string of the molecule is COc1ccc(/C=C/C(=O)NCc2ncccc2C)c(OC)c1. The third kappa shape index (κ3) is 4.57. The maximum absolute atomic E-state index is 11.9. The highest BCUT2D eigenvalue weighted by molar-refractivity contribution is 5.92. The van der Waals surface area contributed by atoms with Crippen LogP contribution in [-0.2, 0) is 11.3 Å². The van der Waals surface area contributed by atoms with Crippen molar-refractivity contribution in [3.8, 4) is 11.5 Å². The summed E-state index contributed by atoms with van der Waals surface area (Å²) in [6.45, 7) is 2.36. The van der Waals surface area contributed by atoms with Crippen molar-refractivity contribution < 1.29 is 14.3 Å². The molecule has 0 spiro atoms. The van der Waals surface area contributed by atoms with Gasteiger partial charge < -0.3 is 14.8 Å². The van der Waals surface area contributed by atoms with Gasteiger partial charge in [0.05, 0.1) is 26.5 Å². The maximum Gasteiger partial charge on any atom is 0.244 e. The van der Waals surface area contributed by atoms with Gasteiger partial charge in [-0.2, -0.15) is 0 Å². The van der Waals surface area contributed by atoms with E-state index in [2.05, 4.69) is 10.3 Å². The topological polar surface area (TPSA) is 60.5 Å². The first-order chi connectivity index (χ1) is 11.1. The summed E-state index contributed by atoms with van der Waals surface area (Å²) < 4.78 is 10.4. The molecule has 2 aromatic rings. The highest BCUT2D eigenvalue weighted by Gasteiger charge is 2.04. The van der Waals surface area contributed by atoms with E-state index in [4.69, 9.17) is 9.47 Å². The number of carbonyl (C=O) groups is 1. The minimum atomic E-state index is -0.187. The third-order valence-electron chi connectivity index (χ3n) is 3.40. The summed E-state index contributed by atoms with van der Waals surface area (Å²) in [5.74, 6) is 1.16. The number of ether oxygens (including phenoxy) is 2. The van der Waals surface area contributed by atoms with E-state index in [0.29, 0.717) is 18.0 Å². The zero-order valence-electron chi connectivity index (χ0n) is 13.5. The number of carbonyl (C=O) groups excluding carboxylic acids is 1. The molecular formula is C18H20N2O3. The van der Waals surface area contributed by atoms with Crippen LogP contribution in [0.3, 0.4) is 0 Å². The van der Waals surface area contributed by atoms with Crippen LogP contribution in [0.1, 0.15) is 16.8 Å². The van der Waals surface area contributed by atoms with Crippen LogP contribution >= 0.6 is 0 Å². The molecule has 120 valence electrons. The molecule has 23 heavy (non-hydrogen) atoms. The van der Waals surface area contributed by atoms with Crippen molar-refractivity contribution in [2.75, 3.05) is 14.2 Å². The molecule has 0 saturated heterocycles. The van der Waals surface area contributed by atoms with Crippen LogP contribution in [0.15, 0.2) is 42.6 Å². The van der Waals surface area contributed by atoms with Crippen LogP contribution < -0.4 is 14.8 Å². The molecule has 1 aromatic carbocycles. The molecule has 0 bridgehead atoms. The first-order valence-electron chi connectivity index (χ1n) is 7.22. The van der Waals surface area contributed by atoms with Crippen LogP contribution in [0.25, 0.3) is 6.08 Å². The molecule has 1 aromatic heterocycles. The van der Waals surface area contributed by atoms with E-state index in [0.717, 1.165) is 16.8 Å². The Morgan fingerprint density at radius 3 is 2.78 bits per heavy atom. The van der Waals surface area contributed by atoms with Gasteiger partial charge in [0.25, 0.3) is 0 Å². The summed E-state index contributed by atoms with van der Waals surface area (Å²) in [7, 11) is 3.17. The molecule has 0 saturated carbocycles. The number of nitrogens with zero attached hydrogens (tertiary/aromatic N) is 1. The normalized spacial score (nSPS) is 10.6. The van der Waals surface area contributed by atoms with Crippen molar-refractivity contribution in [3.63, 3.8) is 0 Å². The van der Waals surface area contributed by atoms with Crippen molar-refractivity contribution in [2.24, 2.45) is 0 Å². The highest BCUT2D eigenvalue weighted by Crippen LogP contribution is 2.25. The lowest BCUT2D eigenvalue weighted by Crippen LogP contribution is -2.21. The summed E-state index contributed by atoms with van der Waals surface area (Å²) in [4.78, 5) is 16.2. The van der Waals surface area contributed by atoms with Gasteiger partial charge in [-0.1, -0.05) is 6.07 Å². The second kappa shape index (κ2) is 7.98. The molecule has 0 aliphatic heterocycles. The van der Waals surface area contributed by atoms with Gasteiger partial charge in [-0.05, 0) is 36.8 Å². The smallest absolute Gasteiger partial charge is 0.244 e. The summed E-state index contributed by atoms with van der Waals surface area (Å²) >= 11 is 0. The zero-order chi connectivity index (χ0) is 16.7. The Balaban J connectivity index is 2.00. The highest BCUT2D eigenvalue weighted by atomic mass is 16.5. The number of hydrogen-bond acceptors (Lipinski definition) is 4. The molecule has 0 atom stereocenters. The van der Waals surface area contributed by atoms with Crippen LogP contribution in [0.5, 0.6) is 11.5 Å². The summed E-state index contributed by atoms with van der Waals surface area (Å²) in [6, 6.07) is 9.26. The Morgan fingerprint density at radius 2 is 2.09 bits per heavy atom. The van der Waals surface area contributed by atoms with E-state index in [9.17, 15) is 4.79 Å². The molecular weight excluding hydrogens is 292 g/mol. The number of nitrogens with one attached hydrogen (secondary N) is 1. The summed E-state index contributed by atoms with van der Waals surface area (Å²) in [5, 5.41) is 2.82. The molecule has 0 fully saturated rings. The Labute approximate surface area is 136 Å². The first kappa shape index (κ1) is 16.5. The maximum atomic E-state index is 11.9. The average Bonchev–Trinajstić information content (AvgIpc) is 2.59. The quantitative estimate of drug-likeness (QED) is 0.833. The molecule has 1 heterocycles. The lowest BCUT2D eigenvalue weighted by molar-refractivity contribution is -0.116. The Kier molecular flexibility index (Phi) is 5.74. The fraction of sp³-hybridized carbons (Fsp3) is 0.222. The fourth-order valence-electron chi connectivity index (χ4n) is 2.05. The Hall–Kier alpha value is -2.82. The van der Waals surface area contributed by atoms with Crippen molar-refractivity contribution in [1.29, 1.82) is 0 Å². The molecule has 5 heteroatoms. The van der Waals surface area contributed by atoms with E-state index in [-0.39, 0.29) is 5.91 Å². The number of benzene rings is 1. The van der Waals surface area contributed by atoms with Crippen molar-refractivity contribution in [3.05, 3.63) is 59.4 Å². The standard InChI is InChI=1S/C18H20N2O3/c1-13-5-4-10-19-16(13)12-20-18(21)9-7-14-6-8-15(22-2)11-17(14)23-3/h4-11H,12H2,1-3H3,(H,20,21)/b9-7+. The lowest BCUT2D eigenvalue weighted by Gasteiger charge is -2.07. The van der Waals surface area contributed by atoms with Crippen LogP contribution in [-0.4, -0.2) is 25.1 Å². The molecule has 0 aliphatic rings. The predicted octanol–water partition coefficient (Wildman–Crippen LogP) is 2.74. The number of pyridine rings is 1. The van der Waals surface area contributed by atoms with E-state index >= 15 is 0 Å². The monoisotopic (exact) mass is 312 g/mol. The minimum Gasteiger partial charge on any atom is -0.497 e. The minimum absolute atomic E-state index is 0.187. The van der Waals surface area contributed by atoms with Gasteiger partial charge in [0, 0.05) is 23.9 Å². The largest absolute Gasteiger partial charge is 0.497 e. The molecule has 0 aliphatic carbocycles. The number of aromatic nitrogens is 1. The fourth-order valence-corrected chi connectivity index (χ4v) is 2.05. The molecule has 0 unspecified atom stereocenters.